The van der Waals surface area contributed by atoms with Gasteiger partial charge in [0.1, 0.15) is 13.1 Å². The number of nitro benzene ring substituents is 1. The summed E-state index contributed by atoms with van der Waals surface area (Å²) in [4.78, 5) is 11.0. The zero-order valence-electron chi connectivity index (χ0n) is 15.7. The fourth-order valence-corrected chi connectivity index (χ4v) is 3.75. The van der Waals surface area contributed by atoms with E-state index in [-0.39, 0.29) is 10.6 Å². The first-order valence-corrected chi connectivity index (χ1v) is 9.32. The van der Waals surface area contributed by atoms with Crippen LogP contribution in [0.15, 0.2) is 78.9 Å². The lowest BCUT2D eigenvalue weighted by atomic mass is 10.0. The molecule has 2 N–H and O–H groups in total. The average molecular weight is 372 g/mol. The molecule has 0 saturated heterocycles. The summed E-state index contributed by atoms with van der Waals surface area (Å²) in [6.07, 6.45) is 0. The largest absolute Gasteiger partial charge is 0.342 e. The monoisotopic (exact) mass is 372 g/mol. The van der Waals surface area contributed by atoms with Gasteiger partial charge in [-0.05, 0) is 11.6 Å². The van der Waals surface area contributed by atoms with E-state index in [4.69, 9.17) is 0 Å². The molecule has 4 rings (SSSR count). The molecule has 0 spiro atoms. The van der Waals surface area contributed by atoms with E-state index in [2.05, 4.69) is 46.3 Å². The molecule has 28 heavy (non-hydrogen) atoms. The van der Waals surface area contributed by atoms with Gasteiger partial charge in [-0.25, -0.2) is 0 Å². The van der Waals surface area contributed by atoms with Crippen molar-refractivity contribution in [1.29, 1.82) is 0 Å². The molecule has 0 atom stereocenters. The van der Waals surface area contributed by atoms with Gasteiger partial charge >= 0.3 is 0 Å². The van der Waals surface area contributed by atoms with Crippen molar-refractivity contribution in [3.05, 3.63) is 100 Å². The van der Waals surface area contributed by atoms with Crippen molar-refractivity contribution in [1.82, 2.24) is 4.57 Å². The van der Waals surface area contributed by atoms with Crippen LogP contribution in [0.25, 0.3) is 22.0 Å². The van der Waals surface area contributed by atoms with Crippen LogP contribution in [0.5, 0.6) is 0 Å². The lowest BCUT2D eigenvalue weighted by molar-refractivity contribution is -0.686. The van der Waals surface area contributed by atoms with Crippen LogP contribution in [-0.4, -0.2) is 9.49 Å². The number of aryl methyl sites for hydroxylation is 1. The molecule has 0 radical (unpaired) electrons. The minimum absolute atomic E-state index is 0.120. The van der Waals surface area contributed by atoms with Gasteiger partial charge in [0.15, 0.2) is 0 Å². The Hall–Kier alpha value is -3.44. The summed E-state index contributed by atoms with van der Waals surface area (Å²) in [5.74, 6) is 0. The Morgan fingerprint density at radius 1 is 0.929 bits per heavy atom. The highest BCUT2D eigenvalue weighted by Gasteiger charge is 2.20. The van der Waals surface area contributed by atoms with E-state index in [1.807, 2.05) is 37.4 Å². The normalized spacial score (nSPS) is 11.0. The Balaban J connectivity index is 1.77. The predicted molar refractivity (Wildman–Crippen MR) is 111 cm³/mol. The summed E-state index contributed by atoms with van der Waals surface area (Å²) < 4.78 is 2.16. The Morgan fingerprint density at radius 2 is 1.61 bits per heavy atom. The highest BCUT2D eigenvalue weighted by atomic mass is 16.6. The van der Waals surface area contributed by atoms with Gasteiger partial charge in [0.2, 0.25) is 0 Å². The number of non-ortho nitro benzene ring substituents is 1. The van der Waals surface area contributed by atoms with Crippen molar-refractivity contribution in [3.8, 4) is 11.1 Å². The third-order valence-electron chi connectivity index (χ3n) is 5.14. The fraction of sp³-hybridized carbons (Fsp3) is 0.130. The number of nitrogens with zero attached hydrogens (tertiary/aromatic N) is 2. The van der Waals surface area contributed by atoms with Crippen molar-refractivity contribution in [3.63, 3.8) is 0 Å². The molecule has 0 aliphatic carbocycles. The summed E-state index contributed by atoms with van der Waals surface area (Å²) in [6.45, 7) is 1.68. The van der Waals surface area contributed by atoms with Gasteiger partial charge in [0, 0.05) is 41.2 Å². The molecule has 0 unspecified atom stereocenters. The van der Waals surface area contributed by atoms with Gasteiger partial charge in [-0.2, -0.15) is 0 Å². The molecule has 5 heteroatoms. The summed E-state index contributed by atoms with van der Waals surface area (Å²) >= 11 is 0. The molecule has 1 aromatic heterocycles. The second-order valence-corrected chi connectivity index (χ2v) is 6.89. The summed E-state index contributed by atoms with van der Waals surface area (Å²) in [7, 11) is 2.03. The van der Waals surface area contributed by atoms with Crippen molar-refractivity contribution < 1.29 is 10.2 Å². The molecule has 3 aromatic carbocycles. The number of nitrogens with two attached hydrogens (primary N) is 1. The number of rotatable bonds is 6. The number of hydrogen-bond acceptors (Lipinski definition) is 2. The predicted octanol–water partition coefficient (Wildman–Crippen LogP) is 4.02. The van der Waals surface area contributed by atoms with Crippen LogP contribution in [0, 0.1) is 10.1 Å². The van der Waals surface area contributed by atoms with Crippen LogP contribution in [0.2, 0.25) is 0 Å². The van der Waals surface area contributed by atoms with Crippen LogP contribution in [0.3, 0.4) is 0 Å². The first-order chi connectivity index (χ1) is 13.6. The van der Waals surface area contributed by atoms with Crippen LogP contribution < -0.4 is 5.32 Å². The van der Waals surface area contributed by atoms with Crippen LogP contribution in [0.1, 0.15) is 11.3 Å². The SMILES string of the molecule is Cn1c(C[NH2+]Cc2ccccc2)c(-c2ccccc2)c2cc([N+](=O)[O-])ccc21. The molecule has 0 fully saturated rings. The third-order valence-corrected chi connectivity index (χ3v) is 5.14. The van der Waals surface area contributed by atoms with Crippen molar-refractivity contribution in [2.45, 2.75) is 13.1 Å². The van der Waals surface area contributed by atoms with E-state index in [0.717, 1.165) is 40.8 Å². The second kappa shape index (κ2) is 7.66. The maximum atomic E-state index is 11.3. The number of fused-ring (bicyclic) bond motifs is 1. The quantitative estimate of drug-likeness (QED) is 0.410. The molecule has 0 saturated carbocycles. The minimum atomic E-state index is -0.331. The Kier molecular flexibility index (Phi) is 4.91. The molecule has 0 aliphatic heterocycles. The fourth-order valence-electron chi connectivity index (χ4n) is 3.75. The van der Waals surface area contributed by atoms with Gasteiger partial charge in [0.05, 0.1) is 10.6 Å². The van der Waals surface area contributed by atoms with E-state index >= 15 is 0 Å². The Labute approximate surface area is 163 Å². The number of benzene rings is 3. The van der Waals surface area contributed by atoms with E-state index in [9.17, 15) is 10.1 Å². The van der Waals surface area contributed by atoms with Gasteiger partial charge in [-0.15, -0.1) is 0 Å². The van der Waals surface area contributed by atoms with Gasteiger partial charge < -0.3 is 9.88 Å². The minimum Gasteiger partial charge on any atom is -0.342 e. The van der Waals surface area contributed by atoms with Crippen LogP contribution in [0.4, 0.5) is 5.69 Å². The molecule has 0 bridgehead atoms. The molecule has 0 aliphatic rings. The van der Waals surface area contributed by atoms with Gasteiger partial charge in [-0.1, -0.05) is 60.7 Å². The number of hydrogen-bond donors (Lipinski definition) is 1. The molecular formula is C23H22N3O2+. The lowest BCUT2D eigenvalue weighted by Gasteiger charge is -2.08. The average Bonchev–Trinajstić information content (AvgIpc) is 3.01. The number of nitro groups is 1. The molecule has 1 heterocycles. The molecule has 140 valence electrons. The Morgan fingerprint density at radius 3 is 2.29 bits per heavy atom. The zero-order valence-corrected chi connectivity index (χ0v) is 15.7. The van der Waals surface area contributed by atoms with Crippen LogP contribution >= 0.6 is 0 Å². The highest BCUT2D eigenvalue weighted by molar-refractivity contribution is 5.99. The number of quaternary nitrogens is 1. The van der Waals surface area contributed by atoms with Crippen molar-refractivity contribution in [2.75, 3.05) is 0 Å². The van der Waals surface area contributed by atoms with E-state index in [1.54, 1.807) is 12.1 Å². The lowest BCUT2D eigenvalue weighted by Crippen LogP contribution is -2.81. The van der Waals surface area contributed by atoms with E-state index in [1.165, 1.54) is 5.56 Å². The summed E-state index contributed by atoms with van der Waals surface area (Å²) in [5, 5.41) is 14.5. The Bertz CT molecular complexity index is 1120. The molecule has 4 aromatic rings. The maximum absolute atomic E-state index is 11.3. The second-order valence-electron chi connectivity index (χ2n) is 6.89. The van der Waals surface area contributed by atoms with Crippen molar-refractivity contribution in [2.24, 2.45) is 7.05 Å². The van der Waals surface area contributed by atoms with E-state index in [0.29, 0.717) is 0 Å². The van der Waals surface area contributed by atoms with Crippen molar-refractivity contribution >= 4 is 16.6 Å². The first kappa shape index (κ1) is 17.9. The van der Waals surface area contributed by atoms with Crippen LogP contribution in [-0.2, 0) is 20.1 Å². The molecule has 5 nitrogen and oxygen atoms in total. The smallest absolute Gasteiger partial charge is 0.270 e. The molecule has 0 amide bonds. The van der Waals surface area contributed by atoms with Gasteiger partial charge in [-0.3, -0.25) is 10.1 Å². The summed E-state index contributed by atoms with van der Waals surface area (Å²) in [5.41, 5.74) is 5.72. The number of aromatic nitrogens is 1. The first-order valence-electron chi connectivity index (χ1n) is 9.32. The zero-order chi connectivity index (χ0) is 19.5. The topological polar surface area (TPSA) is 64.7 Å². The third kappa shape index (κ3) is 3.40. The highest BCUT2D eigenvalue weighted by Crippen LogP contribution is 2.36. The van der Waals surface area contributed by atoms with E-state index < -0.39 is 0 Å². The summed E-state index contributed by atoms with van der Waals surface area (Å²) in [6, 6.07) is 25.6. The maximum Gasteiger partial charge on any atom is 0.270 e. The standard InChI is InChI=1S/C23H21N3O2/c1-25-21-13-12-19(26(27)28)14-20(21)23(18-10-6-3-7-11-18)22(25)16-24-15-17-8-4-2-5-9-17/h2-14,24H,15-16H2,1H3/p+1. The molecular weight excluding hydrogens is 350 g/mol. The van der Waals surface area contributed by atoms with Gasteiger partial charge in [0.25, 0.3) is 5.69 Å².